The number of hydrogen-bond acceptors (Lipinski definition) is 4. The van der Waals surface area contributed by atoms with Crippen LogP contribution in [0.4, 0.5) is 11.4 Å². The van der Waals surface area contributed by atoms with Gasteiger partial charge >= 0.3 is 0 Å². The molecule has 0 spiro atoms. The molecule has 3 aromatic carbocycles. The fourth-order valence-corrected chi connectivity index (χ4v) is 2.56. The van der Waals surface area contributed by atoms with Crippen LogP contribution in [0, 0.1) is 13.8 Å². The van der Waals surface area contributed by atoms with Gasteiger partial charge in [-0.15, -0.1) is 0 Å². The number of nitrogens with zero attached hydrogens (tertiary/aromatic N) is 1. The second-order valence-corrected chi connectivity index (χ2v) is 6.46. The Morgan fingerprint density at radius 3 is 2.43 bits per heavy atom. The number of para-hydroxylation sites is 1. The Labute approximate surface area is 165 Å². The molecular weight excluding hydrogens is 350 g/mol. The van der Waals surface area contributed by atoms with Gasteiger partial charge in [0.25, 0.3) is 5.91 Å². The average Bonchev–Trinajstić information content (AvgIpc) is 2.71. The van der Waals surface area contributed by atoms with E-state index in [1.165, 1.54) is 0 Å². The van der Waals surface area contributed by atoms with E-state index in [0.717, 1.165) is 28.1 Å². The quantitative estimate of drug-likeness (QED) is 0.471. The Hall–Kier alpha value is -3.60. The Morgan fingerprint density at radius 2 is 1.68 bits per heavy atom. The molecule has 0 atom stereocenters. The van der Waals surface area contributed by atoms with Crippen LogP contribution in [0.5, 0.6) is 5.75 Å². The highest BCUT2D eigenvalue weighted by atomic mass is 16.5. The van der Waals surface area contributed by atoms with Crippen LogP contribution in [0.1, 0.15) is 16.7 Å². The van der Waals surface area contributed by atoms with Crippen LogP contribution < -0.4 is 15.5 Å². The molecule has 0 aliphatic rings. The highest BCUT2D eigenvalue weighted by molar-refractivity contribution is 5.83. The summed E-state index contributed by atoms with van der Waals surface area (Å²) in [6.45, 7) is 3.85. The molecule has 28 heavy (non-hydrogen) atoms. The maximum atomic E-state index is 11.9. The molecule has 3 rings (SSSR count). The number of ether oxygens (including phenoxy) is 1. The molecule has 142 valence electrons. The summed E-state index contributed by atoms with van der Waals surface area (Å²) in [5, 5.41) is 7.30. The molecular formula is C23H23N3O2. The van der Waals surface area contributed by atoms with Crippen LogP contribution in [0.3, 0.4) is 0 Å². The van der Waals surface area contributed by atoms with Gasteiger partial charge in [0.2, 0.25) is 0 Å². The molecule has 0 aliphatic heterocycles. The minimum absolute atomic E-state index is 0.0818. The molecule has 0 radical (unpaired) electrons. The van der Waals surface area contributed by atoms with E-state index in [1.54, 1.807) is 6.21 Å². The first-order valence-corrected chi connectivity index (χ1v) is 9.04. The van der Waals surface area contributed by atoms with Gasteiger partial charge in [0.15, 0.2) is 6.61 Å². The number of carbonyl (C=O) groups is 1. The molecule has 5 nitrogen and oxygen atoms in total. The largest absolute Gasteiger partial charge is 0.483 e. The van der Waals surface area contributed by atoms with E-state index < -0.39 is 0 Å². The zero-order valence-corrected chi connectivity index (χ0v) is 16.0. The van der Waals surface area contributed by atoms with Gasteiger partial charge in [0, 0.05) is 11.4 Å². The van der Waals surface area contributed by atoms with Crippen molar-refractivity contribution in [3.63, 3.8) is 0 Å². The first-order valence-electron chi connectivity index (χ1n) is 9.04. The van der Waals surface area contributed by atoms with E-state index in [2.05, 4.69) is 15.8 Å². The molecule has 5 heteroatoms. The molecule has 0 aliphatic carbocycles. The third-order valence-electron chi connectivity index (χ3n) is 4.08. The van der Waals surface area contributed by atoms with Gasteiger partial charge in [0.1, 0.15) is 5.75 Å². The Bertz CT molecular complexity index is 951. The monoisotopic (exact) mass is 373 g/mol. The Balaban J connectivity index is 1.47. The van der Waals surface area contributed by atoms with Crippen molar-refractivity contribution < 1.29 is 9.53 Å². The lowest BCUT2D eigenvalue weighted by molar-refractivity contribution is -0.123. The third kappa shape index (κ3) is 5.71. The minimum atomic E-state index is -0.306. The van der Waals surface area contributed by atoms with Gasteiger partial charge in [-0.3, -0.25) is 4.79 Å². The van der Waals surface area contributed by atoms with Gasteiger partial charge in [0.05, 0.1) is 6.21 Å². The van der Waals surface area contributed by atoms with Crippen molar-refractivity contribution in [3.8, 4) is 5.75 Å². The van der Waals surface area contributed by atoms with Crippen molar-refractivity contribution in [2.24, 2.45) is 5.10 Å². The van der Waals surface area contributed by atoms with Crippen LogP contribution in [-0.2, 0) is 4.79 Å². The molecule has 0 saturated heterocycles. The molecule has 0 unspecified atom stereocenters. The summed E-state index contributed by atoms with van der Waals surface area (Å²) in [6, 6.07) is 23.6. The fraction of sp³-hybridized carbons (Fsp3) is 0.130. The average molecular weight is 373 g/mol. The number of hydrogen-bond donors (Lipinski definition) is 2. The van der Waals surface area contributed by atoms with Crippen LogP contribution in [-0.4, -0.2) is 18.7 Å². The number of rotatable bonds is 7. The summed E-state index contributed by atoms with van der Waals surface area (Å²) < 4.78 is 5.56. The lowest BCUT2D eigenvalue weighted by Gasteiger charge is -2.08. The highest BCUT2D eigenvalue weighted by Crippen LogP contribution is 2.19. The number of carbonyl (C=O) groups excluding carboxylic acids is 1. The molecule has 1 amide bonds. The molecule has 0 bridgehead atoms. The van der Waals surface area contributed by atoms with Gasteiger partial charge in [-0.25, -0.2) is 5.43 Å². The van der Waals surface area contributed by atoms with Crippen molar-refractivity contribution in [1.29, 1.82) is 0 Å². The number of amides is 1. The number of nitrogens with one attached hydrogen (secondary N) is 2. The summed E-state index contributed by atoms with van der Waals surface area (Å²) in [7, 11) is 0. The van der Waals surface area contributed by atoms with Crippen LogP contribution in [0.15, 0.2) is 77.9 Å². The van der Waals surface area contributed by atoms with Crippen molar-refractivity contribution in [2.75, 3.05) is 11.9 Å². The normalized spacial score (nSPS) is 10.6. The van der Waals surface area contributed by atoms with Crippen molar-refractivity contribution in [1.82, 2.24) is 5.43 Å². The zero-order valence-electron chi connectivity index (χ0n) is 16.0. The first kappa shape index (κ1) is 19.2. The first-order chi connectivity index (χ1) is 13.6. The van der Waals surface area contributed by atoms with E-state index in [1.807, 2.05) is 86.6 Å². The molecule has 2 N–H and O–H groups in total. The maximum absolute atomic E-state index is 11.9. The fourth-order valence-electron chi connectivity index (χ4n) is 2.56. The van der Waals surface area contributed by atoms with Gasteiger partial charge in [-0.1, -0.05) is 42.5 Å². The van der Waals surface area contributed by atoms with E-state index >= 15 is 0 Å². The summed E-state index contributed by atoms with van der Waals surface area (Å²) in [5.74, 6) is 0.403. The van der Waals surface area contributed by atoms with Crippen molar-refractivity contribution in [3.05, 3.63) is 89.5 Å². The maximum Gasteiger partial charge on any atom is 0.277 e. The molecule has 0 heterocycles. The number of anilines is 2. The Morgan fingerprint density at radius 1 is 0.964 bits per heavy atom. The standard InChI is InChI=1S/C23H23N3O2/c1-17-8-9-18(2)22(14-17)28-16-23(27)26-24-15-19-10-12-21(13-11-19)25-20-6-4-3-5-7-20/h3-15,25H,16H2,1-2H3,(H,26,27)/b24-15-. The highest BCUT2D eigenvalue weighted by Gasteiger charge is 2.04. The lowest BCUT2D eigenvalue weighted by atomic mass is 10.1. The molecule has 0 fully saturated rings. The lowest BCUT2D eigenvalue weighted by Crippen LogP contribution is -2.24. The predicted octanol–water partition coefficient (Wildman–Crippen LogP) is 4.58. The molecule has 0 saturated carbocycles. The number of hydrazone groups is 1. The topological polar surface area (TPSA) is 62.7 Å². The Kier molecular flexibility index (Phi) is 6.41. The summed E-state index contributed by atoms with van der Waals surface area (Å²) in [5.41, 5.74) is 7.45. The number of aryl methyl sites for hydroxylation is 2. The minimum Gasteiger partial charge on any atom is -0.483 e. The van der Waals surface area contributed by atoms with E-state index in [-0.39, 0.29) is 12.5 Å². The second-order valence-electron chi connectivity index (χ2n) is 6.46. The van der Waals surface area contributed by atoms with E-state index in [4.69, 9.17) is 4.74 Å². The van der Waals surface area contributed by atoms with E-state index in [9.17, 15) is 4.79 Å². The van der Waals surface area contributed by atoms with E-state index in [0.29, 0.717) is 5.75 Å². The van der Waals surface area contributed by atoms with Crippen LogP contribution in [0.2, 0.25) is 0 Å². The van der Waals surface area contributed by atoms with Crippen molar-refractivity contribution in [2.45, 2.75) is 13.8 Å². The molecule has 3 aromatic rings. The smallest absolute Gasteiger partial charge is 0.277 e. The van der Waals surface area contributed by atoms with Crippen molar-refractivity contribution >= 4 is 23.5 Å². The van der Waals surface area contributed by atoms with Gasteiger partial charge < -0.3 is 10.1 Å². The predicted molar refractivity (Wildman–Crippen MR) is 113 cm³/mol. The van der Waals surface area contributed by atoms with Gasteiger partial charge in [-0.2, -0.15) is 5.10 Å². The summed E-state index contributed by atoms with van der Waals surface area (Å²) in [6.07, 6.45) is 1.60. The summed E-state index contributed by atoms with van der Waals surface area (Å²) in [4.78, 5) is 11.9. The summed E-state index contributed by atoms with van der Waals surface area (Å²) >= 11 is 0. The SMILES string of the molecule is Cc1ccc(C)c(OCC(=O)N/N=C\c2ccc(Nc3ccccc3)cc2)c1. The van der Waals surface area contributed by atoms with Gasteiger partial charge in [-0.05, 0) is 60.9 Å². The molecule has 0 aromatic heterocycles. The second kappa shape index (κ2) is 9.37. The number of benzene rings is 3. The third-order valence-corrected chi connectivity index (χ3v) is 4.08. The van der Waals surface area contributed by atoms with Crippen LogP contribution in [0.25, 0.3) is 0 Å². The zero-order chi connectivity index (χ0) is 19.8. The van der Waals surface area contributed by atoms with Crippen LogP contribution >= 0.6 is 0 Å².